The molecule has 0 radical (unpaired) electrons. The van der Waals surface area contributed by atoms with Gasteiger partial charge in [0.15, 0.2) is 0 Å². The Kier molecular flexibility index (Phi) is 4.13. The van der Waals surface area contributed by atoms with Gasteiger partial charge in [-0.15, -0.1) is 0 Å². The van der Waals surface area contributed by atoms with Gasteiger partial charge >= 0.3 is 0 Å². The molecule has 4 heteroatoms. The van der Waals surface area contributed by atoms with E-state index in [0.717, 1.165) is 19.3 Å². The fourth-order valence-electron chi connectivity index (χ4n) is 1.68. The molecule has 0 saturated heterocycles. The molecule has 0 bridgehead atoms. The summed E-state index contributed by atoms with van der Waals surface area (Å²) in [5.41, 5.74) is 7.09. The van der Waals surface area contributed by atoms with Crippen molar-refractivity contribution in [2.24, 2.45) is 5.73 Å². The van der Waals surface area contributed by atoms with Crippen LogP contribution in [-0.2, 0) is 9.84 Å². The van der Waals surface area contributed by atoms with Crippen LogP contribution in [0.4, 0.5) is 0 Å². The summed E-state index contributed by atoms with van der Waals surface area (Å²) >= 11 is 0. The van der Waals surface area contributed by atoms with Gasteiger partial charge in [0, 0.05) is 11.8 Å². The summed E-state index contributed by atoms with van der Waals surface area (Å²) in [4.78, 5) is 0. The van der Waals surface area contributed by atoms with E-state index in [0.29, 0.717) is 12.5 Å². The number of sulfone groups is 1. The molecule has 1 aliphatic rings. The molecule has 1 aliphatic carbocycles. The molecule has 1 fully saturated rings. The van der Waals surface area contributed by atoms with Crippen LogP contribution in [0.5, 0.6) is 0 Å². The fraction of sp³-hybridized carbons (Fsp3) is 0.800. The first kappa shape index (κ1) is 11.7. The van der Waals surface area contributed by atoms with E-state index < -0.39 is 9.84 Å². The van der Waals surface area contributed by atoms with Crippen LogP contribution in [-0.4, -0.2) is 26.0 Å². The highest BCUT2D eigenvalue weighted by Crippen LogP contribution is 2.23. The fourth-order valence-corrected chi connectivity index (χ4v) is 2.45. The van der Waals surface area contributed by atoms with Crippen LogP contribution in [0.3, 0.4) is 0 Å². The third-order valence-electron chi connectivity index (χ3n) is 2.66. The van der Waals surface area contributed by atoms with E-state index in [1.165, 1.54) is 5.57 Å². The number of hydrogen-bond acceptors (Lipinski definition) is 3. The normalized spacial score (nSPS) is 25.9. The van der Waals surface area contributed by atoms with Gasteiger partial charge in [0.2, 0.25) is 0 Å². The van der Waals surface area contributed by atoms with Gasteiger partial charge in [0.05, 0.1) is 5.75 Å². The summed E-state index contributed by atoms with van der Waals surface area (Å²) in [5, 5.41) is 0. The third kappa shape index (κ3) is 3.80. The van der Waals surface area contributed by atoms with E-state index in [1.807, 2.05) is 0 Å². The number of hydrogen-bond donors (Lipinski definition) is 1. The Hall–Kier alpha value is -0.350. The van der Waals surface area contributed by atoms with E-state index in [2.05, 4.69) is 6.08 Å². The molecule has 1 atom stereocenters. The number of allylic oxidation sites excluding steroid dienone is 1. The topological polar surface area (TPSA) is 60.2 Å². The molecule has 2 N–H and O–H groups in total. The molecule has 1 rings (SSSR count). The molecule has 82 valence electrons. The van der Waals surface area contributed by atoms with Crippen molar-refractivity contribution in [3.05, 3.63) is 11.6 Å². The second-order valence-corrected chi connectivity index (χ2v) is 6.36. The molecule has 0 aromatic heterocycles. The molecular weight excluding hydrogens is 198 g/mol. The monoisotopic (exact) mass is 217 g/mol. The zero-order chi connectivity index (χ0) is 10.6. The van der Waals surface area contributed by atoms with E-state index in [4.69, 9.17) is 5.73 Å². The Morgan fingerprint density at radius 3 is 2.79 bits per heavy atom. The predicted octanol–water partition coefficient (Wildman–Crippen LogP) is 1.25. The second kappa shape index (κ2) is 4.94. The Morgan fingerprint density at radius 2 is 2.29 bits per heavy atom. The van der Waals surface area contributed by atoms with Gasteiger partial charge in [-0.25, -0.2) is 8.42 Å². The summed E-state index contributed by atoms with van der Waals surface area (Å²) in [6.45, 7) is 1.69. The molecule has 0 aliphatic heterocycles. The van der Waals surface area contributed by atoms with Crippen molar-refractivity contribution in [3.8, 4) is 0 Å². The van der Waals surface area contributed by atoms with Crippen molar-refractivity contribution >= 4 is 9.84 Å². The molecule has 0 heterocycles. The molecule has 1 unspecified atom stereocenters. The average Bonchev–Trinajstić information content (AvgIpc) is 2.51. The molecule has 1 saturated carbocycles. The highest BCUT2D eigenvalue weighted by atomic mass is 32.2. The maximum Gasteiger partial charge on any atom is 0.150 e. The summed E-state index contributed by atoms with van der Waals surface area (Å²) < 4.78 is 22.4. The highest BCUT2D eigenvalue weighted by Gasteiger charge is 2.14. The minimum atomic E-state index is -2.80. The maximum atomic E-state index is 11.2. The third-order valence-corrected chi connectivity index (χ3v) is 4.40. The van der Waals surface area contributed by atoms with Gasteiger partial charge in [-0.1, -0.05) is 18.6 Å². The lowest BCUT2D eigenvalue weighted by Crippen LogP contribution is -2.13. The van der Waals surface area contributed by atoms with Gasteiger partial charge in [-0.3, -0.25) is 0 Å². The molecule has 0 aromatic rings. The Bertz CT molecular complexity index is 306. The zero-order valence-corrected chi connectivity index (χ0v) is 9.52. The van der Waals surface area contributed by atoms with E-state index in [-0.39, 0.29) is 11.5 Å². The van der Waals surface area contributed by atoms with Crippen molar-refractivity contribution in [3.63, 3.8) is 0 Å². The Balaban J connectivity index is 2.34. The van der Waals surface area contributed by atoms with Gasteiger partial charge < -0.3 is 5.73 Å². The Morgan fingerprint density at radius 1 is 1.57 bits per heavy atom. The highest BCUT2D eigenvalue weighted by molar-refractivity contribution is 7.91. The first-order valence-corrected chi connectivity index (χ1v) is 6.99. The van der Waals surface area contributed by atoms with E-state index >= 15 is 0 Å². The summed E-state index contributed by atoms with van der Waals surface area (Å²) in [6, 6.07) is 0.295. The quantitative estimate of drug-likeness (QED) is 0.721. The Labute approximate surface area is 86.3 Å². The summed E-state index contributed by atoms with van der Waals surface area (Å²) in [6.07, 6.45) is 5.75. The van der Waals surface area contributed by atoms with E-state index in [1.54, 1.807) is 6.92 Å². The number of nitrogens with two attached hydrogens (primary N) is 1. The molecular formula is C10H19NO2S. The molecule has 3 nitrogen and oxygen atoms in total. The first-order valence-electron chi connectivity index (χ1n) is 5.17. The maximum absolute atomic E-state index is 11.2. The molecule has 0 amide bonds. The largest absolute Gasteiger partial charge is 0.327 e. The molecule has 14 heavy (non-hydrogen) atoms. The van der Waals surface area contributed by atoms with Crippen LogP contribution in [0.2, 0.25) is 0 Å². The van der Waals surface area contributed by atoms with Crippen molar-refractivity contribution in [1.82, 2.24) is 0 Å². The smallest absolute Gasteiger partial charge is 0.150 e. The minimum absolute atomic E-state index is 0.246. The van der Waals surface area contributed by atoms with E-state index in [9.17, 15) is 8.42 Å². The van der Waals surface area contributed by atoms with Crippen molar-refractivity contribution in [1.29, 1.82) is 0 Å². The predicted molar refractivity (Wildman–Crippen MR) is 58.9 cm³/mol. The standard InChI is InChI=1S/C10H19NO2S/c1-2-14(12,13)7-3-4-9-5-6-10(11)8-9/h4,10H,2-3,5-8,11H2,1H3. The van der Waals surface area contributed by atoms with Crippen LogP contribution in [0.15, 0.2) is 11.6 Å². The van der Waals surface area contributed by atoms with Crippen molar-refractivity contribution < 1.29 is 8.42 Å². The van der Waals surface area contributed by atoms with Crippen LogP contribution in [0, 0.1) is 0 Å². The van der Waals surface area contributed by atoms with Crippen LogP contribution < -0.4 is 5.73 Å². The molecule has 0 aromatic carbocycles. The summed E-state index contributed by atoms with van der Waals surface area (Å²) in [7, 11) is -2.80. The molecule has 0 spiro atoms. The first-order chi connectivity index (χ1) is 6.53. The lowest BCUT2D eigenvalue weighted by molar-refractivity contribution is 0.597. The second-order valence-electron chi connectivity index (χ2n) is 3.89. The van der Waals surface area contributed by atoms with Crippen LogP contribution >= 0.6 is 0 Å². The van der Waals surface area contributed by atoms with Gasteiger partial charge in [0.25, 0.3) is 0 Å². The lowest BCUT2D eigenvalue weighted by atomic mass is 10.2. The lowest BCUT2D eigenvalue weighted by Gasteiger charge is -1.99. The average molecular weight is 217 g/mol. The van der Waals surface area contributed by atoms with Gasteiger partial charge in [0.1, 0.15) is 9.84 Å². The zero-order valence-electron chi connectivity index (χ0n) is 8.70. The van der Waals surface area contributed by atoms with Crippen molar-refractivity contribution in [2.75, 3.05) is 11.5 Å². The van der Waals surface area contributed by atoms with Crippen molar-refractivity contribution in [2.45, 2.75) is 38.6 Å². The SMILES string of the molecule is CCS(=O)(=O)CCC=C1CCC(N)C1. The number of rotatable bonds is 4. The van der Waals surface area contributed by atoms with Crippen LogP contribution in [0.1, 0.15) is 32.6 Å². The van der Waals surface area contributed by atoms with Crippen LogP contribution in [0.25, 0.3) is 0 Å². The van der Waals surface area contributed by atoms with Gasteiger partial charge in [-0.2, -0.15) is 0 Å². The minimum Gasteiger partial charge on any atom is -0.327 e. The van der Waals surface area contributed by atoms with Gasteiger partial charge in [-0.05, 0) is 25.7 Å². The summed E-state index contributed by atoms with van der Waals surface area (Å²) in [5.74, 6) is 0.526.